The van der Waals surface area contributed by atoms with Crippen LogP contribution in [0.4, 0.5) is 14.5 Å². The van der Waals surface area contributed by atoms with Crippen LogP contribution < -0.4 is 5.32 Å². The van der Waals surface area contributed by atoms with Crippen molar-refractivity contribution in [2.45, 2.75) is 6.42 Å². The monoisotopic (exact) mass is 315 g/mol. The maximum absolute atomic E-state index is 13.5. The number of amides is 1. The number of halogens is 2. The number of rotatable bonds is 4. The number of nitrogens with zero attached hydrogens (tertiary/aromatic N) is 4. The van der Waals surface area contributed by atoms with E-state index in [1.165, 1.54) is 23.1 Å². The van der Waals surface area contributed by atoms with Gasteiger partial charge in [0.2, 0.25) is 5.91 Å². The van der Waals surface area contributed by atoms with Gasteiger partial charge in [-0.05, 0) is 17.7 Å². The minimum Gasteiger partial charge on any atom is -0.323 e. The molecule has 8 heteroatoms. The van der Waals surface area contributed by atoms with Gasteiger partial charge in [-0.25, -0.2) is 23.4 Å². The Morgan fingerprint density at radius 3 is 2.65 bits per heavy atom. The highest BCUT2D eigenvalue weighted by atomic mass is 19.1. The zero-order chi connectivity index (χ0) is 16.2. The third kappa shape index (κ3) is 3.54. The summed E-state index contributed by atoms with van der Waals surface area (Å²) >= 11 is 0. The number of carbonyl (C=O) groups is 1. The standard InChI is InChI=1S/C15H11F2N5O/c16-11-3-2-10(13(17)7-11)6-14(23)21-12-8-18-15(19-9-12)22-5-1-4-20-22/h1-5,7-9H,6H2,(H,21,23). The summed E-state index contributed by atoms with van der Waals surface area (Å²) in [4.78, 5) is 20.0. The van der Waals surface area contributed by atoms with Crippen molar-refractivity contribution in [2.75, 3.05) is 5.32 Å². The van der Waals surface area contributed by atoms with Gasteiger partial charge in [0.05, 0.1) is 24.5 Å². The number of nitrogens with one attached hydrogen (secondary N) is 1. The second-order valence-corrected chi connectivity index (χ2v) is 4.68. The van der Waals surface area contributed by atoms with Gasteiger partial charge in [0, 0.05) is 18.5 Å². The van der Waals surface area contributed by atoms with Crippen molar-refractivity contribution in [2.24, 2.45) is 0 Å². The molecule has 1 amide bonds. The van der Waals surface area contributed by atoms with Crippen molar-refractivity contribution in [3.63, 3.8) is 0 Å². The molecule has 2 aromatic heterocycles. The van der Waals surface area contributed by atoms with Crippen LogP contribution >= 0.6 is 0 Å². The van der Waals surface area contributed by atoms with Crippen molar-refractivity contribution in [3.05, 3.63) is 66.3 Å². The molecule has 3 rings (SSSR count). The smallest absolute Gasteiger partial charge is 0.250 e. The first-order valence-corrected chi connectivity index (χ1v) is 6.67. The maximum Gasteiger partial charge on any atom is 0.250 e. The Bertz CT molecular complexity index is 818. The Morgan fingerprint density at radius 2 is 2.00 bits per heavy atom. The lowest BCUT2D eigenvalue weighted by atomic mass is 10.1. The maximum atomic E-state index is 13.5. The fourth-order valence-corrected chi connectivity index (χ4v) is 1.93. The van der Waals surface area contributed by atoms with Gasteiger partial charge < -0.3 is 5.32 Å². The average molecular weight is 315 g/mol. The summed E-state index contributed by atoms with van der Waals surface area (Å²) in [6.45, 7) is 0. The van der Waals surface area contributed by atoms with Crippen molar-refractivity contribution in [1.29, 1.82) is 0 Å². The molecule has 1 aromatic carbocycles. The highest BCUT2D eigenvalue weighted by molar-refractivity contribution is 5.91. The van der Waals surface area contributed by atoms with E-state index in [0.29, 0.717) is 11.6 Å². The van der Waals surface area contributed by atoms with Gasteiger partial charge in [-0.15, -0.1) is 0 Å². The first-order valence-electron chi connectivity index (χ1n) is 6.67. The summed E-state index contributed by atoms with van der Waals surface area (Å²) in [5.74, 6) is -1.54. The molecule has 6 nitrogen and oxygen atoms in total. The predicted molar refractivity (Wildman–Crippen MR) is 77.8 cm³/mol. The summed E-state index contributed by atoms with van der Waals surface area (Å²) in [6, 6.07) is 4.82. The van der Waals surface area contributed by atoms with E-state index in [4.69, 9.17) is 0 Å². The van der Waals surface area contributed by atoms with Crippen LogP contribution in [0.2, 0.25) is 0 Å². The topological polar surface area (TPSA) is 72.7 Å². The minimum atomic E-state index is -0.759. The highest BCUT2D eigenvalue weighted by Crippen LogP contribution is 2.12. The Balaban J connectivity index is 1.66. The van der Waals surface area contributed by atoms with Crippen LogP contribution in [0.3, 0.4) is 0 Å². The minimum absolute atomic E-state index is 0.109. The summed E-state index contributed by atoms with van der Waals surface area (Å²) in [5, 5.41) is 6.53. The molecule has 1 N–H and O–H groups in total. The molecule has 0 aliphatic rings. The molecular weight excluding hydrogens is 304 g/mol. The first kappa shape index (κ1) is 14.8. The largest absolute Gasteiger partial charge is 0.323 e. The third-order valence-corrected chi connectivity index (χ3v) is 3.00. The zero-order valence-corrected chi connectivity index (χ0v) is 11.8. The molecule has 0 fully saturated rings. The average Bonchev–Trinajstić information content (AvgIpc) is 3.05. The van der Waals surface area contributed by atoms with E-state index < -0.39 is 17.5 Å². The van der Waals surface area contributed by atoms with Crippen molar-refractivity contribution >= 4 is 11.6 Å². The molecule has 0 saturated carbocycles. The highest BCUT2D eigenvalue weighted by Gasteiger charge is 2.10. The molecule has 0 radical (unpaired) electrons. The van der Waals surface area contributed by atoms with Crippen molar-refractivity contribution in [3.8, 4) is 5.95 Å². The van der Waals surface area contributed by atoms with E-state index in [0.717, 1.165) is 12.1 Å². The third-order valence-electron chi connectivity index (χ3n) is 3.00. The molecule has 2 heterocycles. The van der Waals surface area contributed by atoms with E-state index in [-0.39, 0.29) is 12.0 Å². The second-order valence-electron chi connectivity index (χ2n) is 4.68. The molecule has 0 atom stereocenters. The van der Waals surface area contributed by atoms with Gasteiger partial charge in [0.25, 0.3) is 5.95 Å². The van der Waals surface area contributed by atoms with E-state index in [9.17, 15) is 13.6 Å². The number of hydrogen-bond acceptors (Lipinski definition) is 4. The van der Waals surface area contributed by atoms with Crippen LogP contribution in [-0.4, -0.2) is 25.7 Å². The molecule has 23 heavy (non-hydrogen) atoms. The van der Waals surface area contributed by atoms with Crippen LogP contribution in [0, 0.1) is 11.6 Å². The van der Waals surface area contributed by atoms with Crippen LogP contribution in [0.5, 0.6) is 0 Å². The molecule has 0 spiro atoms. The number of hydrogen-bond donors (Lipinski definition) is 1. The van der Waals surface area contributed by atoms with Crippen molar-refractivity contribution in [1.82, 2.24) is 19.7 Å². The lowest BCUT2D eigenvalue weighted by Gasteiger charge is -2.06. The summed E-state index contributed by atoms with van der Waals surface area (Å²) in [6.07, 6.45) is 5.90. The van der Waals surface area contributed by atoms with Gasteiger partial charge in [-0.2, -0.15) is 5.10 Å². The van der Waals surface area contributed by atoms with Crippen LogP contribution in [0.1, 0.15) is 5.56 Å². The summed E-state index contributed by atoms with van der Waals surface area (Å²) in [5.41, 5.74) is 0.478. The van der Waals surface area contributed by atoms with Crippen molar-refractivity contribution < 1.29 is 13.6 Å². The zero-order valence-electron chi connectivity index (χ0n) is 11.8. The number of carbonyl (C=O) groups excluding carboxylic acids is 1. The van der Waals surface area contributed by atoms with Gasteiger partial charge in [0.1, 0.15) is 11.6 Å². The Morgan fingerprint density at radius 1 is 1.22 bits per heavy atom. The predicted octanol–water partition coefficient (Wildman–Crippen LogP) is 2.12. The molecule has 0 saturated heterocycles. The molecule has 3 aromatic rings. The number of anilines is 1. The van der Waals surface area contributed by atoms with E-state index >= 15 is 0 Å². The van der Waals surface area contributed by atoms with Crippen LogP contribution in [0.25, 0.3) is 5.95 Å². The molecule has 116 valence electrons. The van der Waals surface area contributed by atoms with Gasteiger partial charge in [0.15, 0.2) is 0 Å². The molecule has 0 aliphatic heterocycles. The molecular formula is C15H11F2N5O. The van der Waals surface area contributed by atoms with Gasteiger partial charge >= 0.3 is 0 Å². The first-order chi connectivity index (χ1) is 11.1. The second kappa shape index (κ2) is 6.30. The van der Waals surface area contributed by atoms with E-state index in [1.54, 1.807) is 18.5 Å². The Hall–Kier alpha value is -3.16. The van der Waals surface area contributed by atoms with Gasteiger partial charge in [-0.1, -0.05) is 6.07 Å². The lowest BCUT2D eigenvalue weighted by Crippen LogP contribution is -2.16. The summed E-state index contributed by atoms with van der Waals surface area (Å²) in [7, 11) is 0. The SMILES string of the molecule is O=C(Cc1ccc(F)cc1F)Nc1cnc(-n2cccn2)nc1. The molecule has 0 bridgehead atoms. The van der Waals surface area contributed by atoms with Gasteiger partial charge in [-0.3, -0.25) is 4.79 Å². The fourth-order valence-electron chi connectivity index (χ4n) is 1.93. The normalized spacial score (nSPS) is 10.5. The molecule has 0 unspecified atom stereocenters. The number of benzene rings is 1. The van der Waals surface area contributed by atoms with Crippen LogP contribution in [0.15, 0.2) is 49.1 Å². The molecule has 0 aliphatic carbocycles. The quantitative estimate of drug-likeness (QED) is 0.800. The summed E-state index contributed by atoms with van der Waals surface area (Å²) < 4.78 is 27.8. The fraction of sp³-hybridized carbons (Fsp3) is 0.0667. The van der Waals surface area contributed by atoms with E-state index in [2.05, 4.69) is 20.4 Å². The Labute approximate surface area is 129 Å². The van der Waals surface area contributed by atoms with E-state index in [1.807, 2.05) is 0 Å². The lowest BCUT2D eigenvalue weighted by molar-refractivity contribution is -0.115. The number of aromatic nitrogens is 4. The Kier molecular flexibility index (Phi) is 4.05. The van der Waals surface area contributed by atoms with Crippen LogP contribution in [-0.2, 0) is 11.2 Å².